The molecule has 2 aromatic heterocycles. The van der Waals surface area contributed by atoms with Crippen LogP contribution in [0.4, 0.5) is 0 Å². The van der Waals surface area contributed by atoms with E-state index in [1.54, 1.807) is 31.4 Å². The zero-order valence-corrected chi connectivity index (χ0v) is 12.7. The molecule has 6 heteroatoms. The fraction of sp³-hybridized carbons (Fsp3) is 0.200. The van der Waals surface area contributed by atoms with Gasteiger partial charge in [-0.3, -0.25) is 9.78 Å². The van der Waals surface area contributed by atoms with Gasteiger partial charge in [-0.25, -0.2) is 9.36 Å². The summed E-state index contributed by atoms with van der Waals surface area (Å²) >= 11 is 1.43. The third-order valence-corrected chi connectivity index (χ3v) is 4.66. The second kappa shape index (κ2) is 4.89. The molecule has 0 amide bonds. The smallest absolute Gasteiger partial charge is 0.334 e. The summed E-state index contributed by atoms with van der Waals surface area (Å²) in [5.74, 6) is 0.595. The highest BCUT2D eigenvalue weighted by molar-refractivity contribution is 7.18. The average Bonchev–Trinajstić information content (AvgIpc) is 2.74. The van der Waals surface area contributed by atoms with Gasteiger partial charge in [0.15, 0.2) is 0 Å². The number of aromatic nitrogens is 2. The van der Waals surface area contributed by atoms with Crippen LogP contribution in [-0.2, 0) is 0 Å². The van der Waals surface area contributed by atoms with E-state index in [-0.39, 0.29) is 5.56 Å². The summed E-state index contributed by atoms with van der Waals surface area (Å²) in [5.41, 5.74) is 0.657. The molecule has 3 rings (SSSR count). The standard InChI is InChI=1S/C15H14N2O3S/c1-8-9(2)21-13-12(8)14(18)17(15(19)16-13)10-5-4-6-11(7-10)20-3/h4-7H,1-3H3,(H,16,19). The highest BCUT2D eigenvalue weighted by Crippen LogP contribution is 2.25. The molecule has 0 aliphatic heterocycles. The van der Waals surface area contributed by atoms with Gasteiger partial charge >= 0.3 is 5.69 Å². The van der Waals surface area contributed by atoms with Crippen molar-refractivity contribution < 1.29 is 4.74 Å². The SMILES string of the molecule is COc1cccc(-n2c(=O)[nH]c3sc(C)c(C)c3c2=O)c1. The zero-order valence-electron chi connectivity index (χ0n) is 11.9. The number of aryl methyl sites for hydroxylation is 2. The van der Waals surface area contributed by atoms with Crippen LogP contribution in [0.5, 0.6) is 5.75 Å². The van der Waals surface area contributed by atoms with E-state index in [0.29, 0.717) is 21.7 Å². The number of thiophene rings is 1. The number of fused-ring (bicyclic) bond motifs is 1. The second-order valence-corrected chi connectivity index (χ2v) is 5.98. The fourth-order valence-corrected chi connectivity index (χ4v) is 3.36. The normalized spacial score (nSPS) is 11.0. The molecule has 108 valence electrons. The fourth-order valence-electron chi connectivity index (χ4n) is 2.31. The van der Waals surface area contributed by atoms with E-state index in [0.717, 1.165) is 15.0 Å². The largest absolute Gasteiger partial charge is 0.497 e. The molecular formula is C15H14N2O3S. The predicted octanol–water partition coefficient (Wildman–Crippen LogP) is 2.37. The van der Waals surface area contributed by atoms with Gasteiger partial charge in [-0.1, -0.05) is 6.07 Å². The molecule has 2 heterocycles. The first kappa shape index (κ1) is 13.6. The van der Waals surface area contributed by atoms with Crippen LogP contribution in [0.1, 0.15) is 10.4 Å². The van der Waals surface area contributed by atoms with Crippen molar-refractivity contribution in [2.24, 2.45) is 0 Å². The van der Waals surface area contributed by atoms with E-state index in [1.807, 2.05) is 13.8 Å². The lowest BCUT2D eigenvalue weighted by atomic mass is 10.2. The molecule has 0 saturated carbocycles. The van der Waals surface area contributed by atoms with Gasteiger partial charge in [0.1, 0.15) is 10.6 Å². The van der Waals surface area contributed by atoms with E-state index < -0.39 is 5.69 Å². The highest BCUT2D eigenvalue weighted by Gasteiger charge is 2.15. The van der Waals surface area contributed by atoms with Crippen LogP contribution < -0.4 is 16.0 Å². The molecule has 0 fully saturated rings. The van der Waals surface area contributed by atoms with Gasteiger partial charge in [-0.15, -0.1) is 11.3 Å². The van der Waals surface area contributed by atoms with Crippen molar-refractivity contribution in [3.63, 3.8) is 0 Å². The van der Waals surface area contributed by atoms with Crippen molar-refractivity contribution in [1.82, 2.24) is 9.55 Å². The third-order valence-electron chi connectivity index (χ3n) is 3.54. The summed E-state index contributed by atoms with van der Waals surface area (Å²) in [7, 11) is 1.54. The molecule has 21 heavy (non-hydrogen) atoms. The molecule has 1 aromatic carbocycles. The Bertz CT molecular complexity index is 950. The lowest BCUT2D eigenvalue weighted by Crippen LogP contribution is -2.33. The Morgan fingerprint density at radius 3 is 2.71 bits per heavy atom. The number of nitrogens with one attached hydrogen (secondary N) is 1. The molecule has 0 radical (unpaired) electrons. The van der Waals surface area contributed by atoms with Crippen molar-refractivity contribution in [3.8, 4) is 11.4 Å². The first-order valence-corrected chi connectivity index (χ1v) is 7.24. The molecule has 0 saturated heterocycles. The summed E-state index contributed by atoms with van der Waals surface area (Å²) < 4.78 is 6.29. The van der Waals surface area contributed by atoms with Crippen molar-refractivity contribution in [1.29, 1.82) is 0 Å². The molecular weight excluding hydrogens is 288 g/mol. The van der Waals surface area contributed by atoms with Gasteiger partial charge in [0.05, 0.1) is 18.2 Å². The number of rotatable bonds is 2. The maximum Gasteiger partial charge on any atom is 0.334 e. The Labute approximate surface area is 124 Å². The molecule has 0 spiro atoms. The van der Waals surface area contributed by atoms with Gasteiger partial charge in [-0.05, 0) is 31.5 Å². The first-order valence-electron chi connectivity index (χ1n) is 6.42. The van der Waals surface area contributed by atoms with E-state index in [9.17, 15) is 9.59 Å². The molecule has 3 aromatic rings. The van der Waals surface area contributed by atoms with Crippen molar-refractivity contribution >= 4 is 21.6 Å². The van der Waals surface area contributed by atoms with E-state index in [2.05, 4.69) is 4.98 Å². The van der Waals surface area contributed by atoms with Gasteiger partial charge in [-0.2, -0.15) is 0 Å². The summed E-state index contributed by atoms with van der Waals surface area (Å²) in [5, 5.41) is 0.569. The lowest BCUT2D eigenvalue weighted by molar-refractivity contribution is 0.414. The Balaban J connectivity index is 2.40. The number of ether oxygens (including phenoxy) is 1. The van der Waals surface area contributed by atoms with E-state index >= 15 is 0 Å². The quantitative estimate of drug-likeness (QED) is 0.790. The van der Waals surface area contributed by atoms with Crippen molar-refractivity contribution in [2.75, 3.05) is 7.11 Å². The molecule has 0 atom stereocenters. The molecule has 0 unspecified atom stereocenters. The lowest BCUT2D eigenvalue weighted by Gasteiger charge is -2.07. The molecule has 5 nitrogen and oxygen atoms in total. The molecule has 0 aliphatic carbocycles. The average molecular weight is 302 g/mol. The van der Waals surface area contributed by atoms with Crippen molar-refractivity contribution in [2.45, 2.75) is 13.8 Å². The summed E-state index contributed by atoms with van der Waals surface area (Å²) in [6.45, 7) is 3.83. The maximum atomic E-state index is 12.7. The van der Waals surface area contributed by atoms with Gasteiger partial charge in [0.25, 0.3) is 5.56 Å². The van der Waals surface area contributed by atoms with Gasteiger partial charge in [0.2, 0.25) is 0 Å². The highest BCUT2D eigenvalue weighted by atomic mass is 32.1. The van der Waals surface area contributed by atoms with Crippen LogP contribution in [0.15, 0.2) is 33.9 Å². The minimum Gasteiger partial charge on any atom is -0.497 e. The third kappa shape index (κ3) is 2.08. The van der Waals surface area contributed by atoms with Crippen LogP contribution in [0, 0.1) is 13.8 Å². The summed E-state index contributed by atoms with van der Waals surface area (Å²) in [4.78, 5) is 29.4. The van der Waals surface area contributed by atoms with Crippen LogP contribution in [-0.4, -0.2) is 16.7 Å². The maximum absolute atomic E-state index is 12.7. The number of aromatic amines is 1. The van der Waals surface area contributed by atoms with Crippen LogP contribution >= 0.6 is 11.3 Å². The number of nitrogens with zero attached hydrogens (tertiary/aromatic N) is 1. The van der Waals surface area contributed by atoms with Crippen molar-refractivity contribution in [3.05, 3.63) is 55.5 Å². The monoisotopic (exact) mass is 302 g/mol. The number of methoxy groups -OCH3 is 1. The van der Waals surface area contributed by atoms with Gasteiger partial charge < -0.3 is 4.74 Å². The number of benzene rings is 1. The number of hydrogen-bond acceptors (Lipinski definition) is 4. The summed E-state index contributed by atoms with van der Waals surface area (Å²) in [6, 6.07) is 6.88. The minimum atomic E-state index is -0.443. The Hall–Kier alpha value is -2.34. The molecule has 1 N–H and O–H groups in total. The van der Waals surface area contributed by atoms with Crippen LogP contribution in [0.25, 0.3) is 15.9 Å². The first-order chi connectivity index (χ1) is 10.0. The predicted molar refractivity (Wildman–Crippen MR) is 84.1 cm³/mol. The Morgan fingerprint density at radius 2 is 2.00 bits per heavy atom. The number of hydrogen-bond donors (Lipinski definition) is 1. The topological polar surface area (TPSA) is 64.1 Å². The van der Waals surface area contributed by atoms with E-state index in [1.165, 1.54) is 11.3 Å². The molecule has 0 aliphatic rings. The Kier molecular flexibility index (Phi) is 3.17. The zero-order chi connectivity index (χ0) is 15.1. The minimum absolute atomic E-state index is 0.302. The van der Waals surface area contributed by atoms with Crippen LogP contribution in [0.2, 0.25) is 0 Å². The summed E-state index contributed by atoms with van der Waals surface area (Å²) in [6.07, 6.45) is 0. The molecule has 0 bridgehead atoms. The second-order valence-electron chi connectivity index (χ2n) is 4.76. The number of H-pyrrole nitrogens is 1. The Morgan fingerprint density at radius 1 is 1.24 bits per heavy atom. The van der Waals surface area contributed by atoms with Crippen LogP contribution in [0.3, 0.4) is 0 Å². The van der Waals surface area contributed by atoms with Gasteiger partial charge in [0, 0.05) is 10.9 Å². The van der Waals surface area contributed by atoms with E-state index in [4.69, 9.17) is 4.74 Å².